The molecule has 0 saturated carbocycles. The second-order valence-corrected chi connectivity index (χ2v) is 8.77. The van der Waals surface area contributed by atoms with E-state index in [0.29, 0.717) is 29.1 Å². The van der Waals surface area contributed by atoms with Gasteiger partial charge in [-0.15, -0.1) is 0 Å². The molecule has 0 aromatic carbocycles. The fraction of sp³-hybridized carbons (Fsp3) is 1.00. The summed E-state index contributed by atoms with van der Waals surface area (Å²) in [4.78, 5) is 0. The quantitative estimate of drug-likeness (QED) is 0.800. The minimum Gasteiger partial charge on any atom is -0.297 e. The first-order valence-electron chi connectivity index (χ1n) is 7.98. The molecule has 0 bridgehead atoms. The summed E-state index contributed by atoms with van der Waals surface area (Å²) in [5.74, 6) is 0. The van der Waals surface area contributed by atoms with Crippen LogP contribution in [-0.4, -0.2) is 18.2 Å². The van der Waals surface area contributed by atoms with Crippen LogP contribution in [0.5, 0.6) is 0 Å². The molecule has 2 N–H and O–H groups in total. The van der Waals surface area contributed by atoms with Gasteiger partial charge >= 0.3 is 0 Å². The molecule has 0 aromatic heterocycles. The second-order valence-electron chi connectivity index (χ2n) is 8.77. The van der Waals surface area contributed by atoms with Gasteiger partial charge in [-0.25, -0.2) is 0 Å². The zero-order valence-corrected chi connectivity index (χ0v) is 14.6. The number of hydrogen-bond acceptors (Lipinski definition) is 2. The Morgan fingerprint density at radius 3 is 1.21 bits per heavy atom. The summed E-state index contributed by atoms with van der Waals surface area (Å²) in [6, 6.07) is 1.08. The van der Waals surface area contributed by atoms with Crippen LogP contribution in [0.4, 0.5) is 0 Å². The van der Waals surface area contributed by atoms with Gasteiger partial charge in [0, 0.05) is 12.1 Å². The van der Waals surface area contributed by atoms with Crippen molar-refractivity contribution in [3.05, 3.63) is 0 Å². The van der Waals surface area contributed by atoms with E-state index < -0.39 is 0 Å². The van der Waals surface area contributed by atoms with E-state index in [4.69, 9.17) is 0 Å². The zero-order chi connectivity index (χ0) is 15.1. The third kappa shape index (κ3) is 3.52. The molecule has 1 aliphatic rings. The van der Waals surface area contributed by atoms with Gasteiger partial charge < -0.3 is 0 Å². The van der Waals surface area contributed by atoms with Crippen LogP contribution < -0.4 is 10.6 Å². The fourth-order valence-electron chi connectivity index (χ4n) is 2.89. The summed E-state index contributed by atoms with van der Waals surface area (Å²) in [5.41, 5.74) is 0.898. The van der Waals surface area contributed by atoms with E-state index in [0.717, 1.165) is 0 Å². The van der Waals surface area contributed by atoms with Gasteiger partial charge in [-0.2, -0.15) is 0 Å². The van der Waals surface area contributed by atoms with Crippen LogP contribution in [0.1, 0.15) is 75.2 Å². The van der Waals surface area contributed by atoms with E-state index in [2.05, 4.69) is 72.9 Å². The number of rotatable bonds is 4. The third-order valence-electron chi connectivity index (χ3n) is 5.40. The van der Waals surface area contributed by atoms with E-state index in [1.54, 1.807) is 0 Å². The lowest BCUT2D eigenvalue weighted by Gasteiger charge is -2.41. The molecular weight excluding hydrogens is 232 g/mol. The van der Waals surface area contributed by atoms with Gasteiger partial charge in [0.1, 0.15) is 0 Å². The number of hydrogen-bond donors (Lipinski definition) is 2. The molecule has 1 fully saturated rings. The monoisotopic (exact) mass is 268 g/mol. The van der Waals surface area contributed by atoms with Gasteiger partial charge in [0.2, 0.25) is 0 Å². The molecule has 2 heteroatoms. The normalized spacial score (nSPS) is 29.8. The van der Waals surface area contributed by atoms with Gasteiger partial charge in [0.25, 0.3) is 0 Å². The molecule has 0 radical (unpaired) electrons. The molecule has 0 aliphatic carbocycles. The highest BCUT2D eigenvalue weighted by Gasteiger charge is 2.49. The van der Waals surface area contributed by atoms with Gasteiger partial charge in [0.15, 0.2) is 0 Å². The van der Waals surface area contributed by atoms with Crippen molar-refractivity contribution in [1.82, 2.24) is 10.6 Å². The topological polar surface area (TPSA) is 24.1 Å². The van der Waals surface area contributed by atoms with Crippen molar-refractivity contribution in [2.24, 2.45) is 16.2 Å². The Kier molecular flexibility index (Phi) is 4.79. The minimum atomic E-state index is 0.251. The highest BCUT2D eigenvalue weighted by molar-refractivity contribution is 5.07. The maximum Gasteiger partial charge on any atom is 0.0627 e. The van der Waals surface area contributed by atoms with Crippen molar-refractivity contribution in [2.75, 3.05) is 0 Å². The molecule has 0 spiro atoms. The van der Waals surface area contributed by atoms with Crippen LogP contribution in [-0.2, 0) is 0 Å². The molecule has 2 nitrogen and oxygen atoms in total. The Morgan fingerprint density at radius 2 is 1.00 bits per heavy atom. The molecular formula is C17H36N2. The molecule has 114 valence electrons. The maximum atomic E-state index is 3.90. The summed E-state index contributed by atoms with van der Waals surface area (Å²) in [5, 5.41) is 7.80. The predicted octanol–water partition coefficient (Wildman–Crippen LogP) is 4.16. The maximum absolute atomic E-state index is 3.90. The van der Waals surface area contributed by atoms with E-state index in [1.807, 2.05) is 0 Å². The molecule has 1 aliphatic heterocycles. The minimum absolute atomic E-state index is 0.251. The smallest absolute Gasteiger partial charge is 0.0627 e. The Balaban J connectivity index is 3.05. The van der Waals surface area contributed by atoms with E-state index in [1.165, 1.54) is 12.8 Å². The Labute approximate surface area is 121 Å². The van der Waals surface area contributed by atoms with Crippen LogP contribution in [0.2, 0.25) is 0 Å². The Bertz CT molecular complexity index is 275. The van der Waals surface area contributed by atoms with Crippen molar-refractivity contribution in [2.45, 2.75) is 93.4 Å². The standard InChI is InChI=1S/C17H36N2/c1-10-16(6,7)12-13(17(8,9)11-2)19-14(18-12)15(3,4)5/h12-14,18-19H,10-11H2,1-9H3. The molecule has 1 rings (SSSR count). The molecule has 2 atom stereocenters. The van der Waals surface area contributed by atoms with Crippen LogP contribution in [0.3, 0.4) is 0 Å². The average Bonchev–Trinajstić information content (AvgIpc) is 2.74. The lowest BCUT2D eigenvalue weighted by molar-refractivity contribution is 0.149. The van der Waals surface area contributed by atoms with E-state index in [-0.39, 0.29) is 5.41 Å². The van der Waals surface area contributed by atoms with E-state index >= 15 is 0 Å². The van der Waals surface area contributed by atoms with Crippen LogP contribution in [0.25, 0.3) is 0 Å². The van der Waals surface area contributed by atoms with Crippen molar-refractivity contribution in [1.29, 1.82) is 0 Å². The Hall–Kier alpha value is -0.0800. The van der Waals surface area contributed by atoms with Crippen LogP contribution >= 0.6 is 0 Å². The highest BCUT2D eigenvalue weighted by Crippen LogP contribution is 2.40. The van der Waals surface area contributed by atoms with Crippen molar-refractivity contribution < 1.29 is 0 Å². The largest absolute Gasteiger partial charge is 0.297 e. The van der Waals surface area contributed by atoms with Crippen LogP contribution in [0.15, 0.2) is 0 Å². The molecule has 0 aromatic rings. The summed E-state index contributed by atoms with van der Waals surface area (Å²) in [7, 11) is 0. The zero-order valence-electron chi connectivity index (χ0n) is 14.6. The van der Waals surface area contributed by atoms with Gasteiger partial charge in [-0.05, 0) is 29.1 Å². The molecule has 1 saturated heterocycles. The first-order valence-corrected chi connectivity index (χ1v) is 7.98. The SMILES string of the molecule is CCC(C)(C)C1NC(C(C)(C)C)NC1C(C)(C)CC. The van der Waals surface area contributed by atoms with Crippen molar-refractivity contribution >= 4 is 0 Å². The molecule has 1 heterocycles. The van der Waals surface area contributed by atoms with Crippen molar-refractivity contribution in [3.8, 4) is 0 Å². The lowest BCUT2D eigenvalue weighted by Crippen LogP contribution is -2.51. The summed E-state index contributed by atoms with van der Waals surface area (Å²) < 4.78 is 0. The highest BCUT2D eigenvalue weighted by atomic mass is 15.3. The second kappa shape index (κ2) is 5.37. The Morgan fingerprint density at radius 1 is 0.684 bits per heavy atom. The number of nitrogens with one attached hydrogen (secondary N) is 2. The summed E-state index contributed by atoms with van der Waals surface area (Å²) in [6.07, 6.45) is 2.82. The summed E-state index contributed by atoms with van der Waals surface area (Å²) in [6.45, 7) is 21.2. The van der Waals surface area contributed by atoms with E-state index in [9.17, 15) is 0 Å². The van der Waals surface area contributed by atoms with Gasteiger partial charge in [-0.1, -0.05) is 62.3 Å². The fourth-order valence-corrected chi connectivity index (χ4v) is 2.89. The van der Waals surface area contributed by atoms with Gasteiger partial charge in [-0.3, -0.25) is 10.6 Å². The average molecular weight is 268 g/mol. The molecule has 19 heavy (non-hydrogen) atoms. The lowest BCUT2D eigenvalue weighted by atomic mass is 9.70. The first-order chi connectivity index (χ1) is 8.45. The first kappa shape index (κ1) is 17.0. The molecule has 0 amide bonds. The third-order valence-corrected chi connectivity index (χ3v) is 5.40. The van der Waals surface area contributed by atoms with Crippen molar-refractivity contribution in [3.63, 3.8) is 0 Å². The van der Waals surface area contributed by atoms with Crippen LogP contribution in [0, 0.1) is 16.2 Å². The predicted molar refractivity (Wildman–Crippen MR) is 85.2 cm³/mol. The molecule has 2 unspecified atom stereocenters. The summed E-state index contributed by atoms with van der Waals surface area (Å²) >= 11 is 0. The van der Waals surface area contributed by atoms with Gasteiger partial charge in [0.05, 0.1) is 6.17 Å².